The number of nitro benzene ring substituents is 1. The molecule has 0 aliphatic rings. The number of nitro groups is 1. The third kappa shape index (κ3) is 4.76. The Bertz CT molecular complexity index is 1300. The maximum Gasteiger partial charge on any atom is 0.283 e. The predicted octanol–water partition coefficient (Wildman–Crippen LogP) is 4.70. The zero-order valence-electron chi connectivity index (χ0n) is 16.5. The number of nitrogens with one attached hydrogen (secondary N) is 1. The van der Waals surface area contributed by atoms with Crippen molar-refractivity contribution in [3.63, 3.8) is 0 Å². The molecule has 2 amide bonds. The second-order valence-corrected chi connectivity index (χ2v) is 8.75. The molecule has 0 aliphatic carbocycles. The number of carbonyl (C=O) groups excluding carboxylic acids is 2. The number of thioether (sulfide) groups is 1. The molecule has 4 aromatic rings. The minimum absolute atomic E-state index is 0.0314. The number of nitrogens with zero attached hydrogens (tertiary/aromatic N) is 2. The van der Waals surface area contributed by atoms with E-state index in [1.54, 1.807) is 23.5 Å². The standard InChI is InChI=1S/C22H16N4O4S2/c23-21(28)14-7-10-19(17(11-14)26(29)30)31-12-20(27)24-15-8-5-13(6-9-15)22-25-16-3-1-2-4-18(16)32-22/h1-11H,12H2,(H2,23,28)(H,24,27). The van der Waals surface area contributed by atoms with Gasteiger partial charge in [0.2, 0.25) is 11.8 Å². The Balaban J connectivity index is 1.40. The molecule has 10 heteroatoms. The molecule has 1 heterocycles. The maximum atomic E-state index is 12.3. The maximum absolute atomic E-state index is 12.3. The molecule has 0 atom stereocenters. The van der Waals surface area contributed by atoms with Crippen LogP contribution in [0.2, 0.25) is 0 Å². The summed E-state index contributed by atoms with van der Waals surface area (Å²) in [6, 6.07) is 19.2. The Labute approximate surface area is 190 Å². The quantitative estimate of drug-likeness (QED) is 0.232. The number of carbonyl (C=O) groups is 2. The van der Waals surface area contributed by atoms with Crippen molar-refractivity contribution in [1.29, 1.82) is 0 Å². The van der Waals surface area contributed by atoms with E-state index in [2.05, 4.69) is 10.3 Å². The van der Waals surface area contributed by atoms with Crippen LogP contribution >= 0.6 is 23.1 Å². The molecule has 1 aromatic heterocycles. The van der Waals surface area contributed by atoms with Gasteiger partial charge in [-0.3, -0.25) is 19.7 Å². The number of para-hydroxylation sites is 1. The lowest BCUT2D eigenvalue weighted by molar-refractivity contribution is -0.387. The minimum atomic E-state index is -0.753. The van der Waals surface area contributed by atoms with E-state index in [0.29, 0.717) is 5.69 Å². The molecular formula is C22H16N4O4S2. The zero-order chi connectivity index (χ0) is 22.7. The molecule has 3 N–H and O–H groups in total. The van der Waals surface area contributed by atoms with Crippen LogP contribution in [-0.2, 0) is 4.79 Å². The summed E-state index contributed by atoms with van der Waals surface area (Å²) in [6.07, 6.45) is 0. The monoisotopic (exact) mass is 464 g/mol. The predicted molar refractivity (Wildman–Crippen MR) is 126 cm³/mol. The minimum Gasteiger partial charge on any atom is -0.366 e. The fourth-order valence-electron chi connectivity index (χ4n) is 2.97. The molecule has 0 spiro atoms. The van der Waals surface area contributed by atoms with Crippen LogP contribution in [0.15, 0.2) is 71.6 Å². The van der Waals surface area contributed by atoms with Gasteiger partial charge in [0.05, 0.1) is 25.8 Å². The van der Waals surface area contributed by atoms with Crippen LogP contribution in [0.5, 0.6) is 0 Å². The summed E-state index contributed by atoms with van der Waals surface area (Å²) >= 11 is 2.61. The van der Waals surface area contributed by atoms with Crippen LogP contribution in [0.4, 0.5) is 11.4 Å². The highest BCUT2D eigenvalue weighted by Gasteiger charge is 2.18. The lowest BCUT2D eigenvalue weighted by Gasteiger charge is -2.07. The van der Waals surface area contributed by atoms with E-state index in [0.717, 1.165) is 38.6 Å². The number of nitrogens with two attached hydrogens (primary N) is 1. The van der Waals surface area contributed by atoms with Crippen LogP contribution < -0.4 is 11.1 Å². The van der Waals surface area contributed by atoms with Crippen LogP contribution in [0.25, 0.3) is 20.8 Å². The topological polar surface area (TPSA) is 128 Å². The molecule has 0 saturated carbocycles. The highest BCUT2D eigenvalue weighted by molar-refractivity contribution is 8.00. The summed E-state index contributed by atoms with van der Waals surface area (Å²) in [7, 11) is 0. The molecule has 32 heavy (non-hydrogen) atoms. The SMILES string of the molecule is NC(=O)c1ccc(SCC(=O)Nc2ccc(-c3nc4ccccc4s3)cc2)c([N+](=O)[O-])c1. The van der Waals surface area contributed by atoms with Gasteiger partial charge in [0.1, 0.15) is 5.01 Å². The average molecular weight is 465 g/mol. The number of hydrogen-bond donors (Lipinski definition) is 2. The van der Waals surface area contributed by atoms with Gasteiger partial charge < -0.3 is 11.1 Å². The Kier molecular flexibility index (Phi) is 6.15. The summed E-state index contributed by atoms with van der Waals surface area (Å²) in [5, 5.41) is 14.9. The number of aromatic nitrogens is 1. The number of thiazole rings is 1. The molecule has 8 nitrogen and oxygen atoms in total. The highest BCUT2D eigenvalue weighted by atomic mass is 32.2. The van der Waals surface area contributed by atoms with E-state index in [-0.39, 0.29) is 27.8 Å². The average Bonchev–Trinajstić information content (AvgIpc) is 3.22. The van der Waals surface area contributed by atoms with Crippen LogP contribution in [0, 0.1) is 10.1 Å². The van der Waals surface area contributed by atoms with Gasteiger partial charge in [-0.15, -0.1) is 23.1 Å². The fraction of sp³-hybridized carbons (Fsp3) is 0.0455. The van der Waals surface area contributed by atoms with Crippen molar-refractivity contribution in [3.05, 3.63) is 82.4 Å². The number of hydrogen-bond acceptors (Lipinski definition) is 7. The van der Waals surface area contributed by atoms with Gasteiger partial charge in [0.15, 0.2) is 0 Å². The Hall–Kier alpha value is -3.76. The summed E-state index contributed by atoms with van der Waals surface area (Å²) < 4.78 is 1.11. The molecule has 0 radical (unpaired) electrons. The summed E-state index contributed by atoms with van der Waals surface area (Å²) in [5.41, 5.74) is 7.45. The van der Waals surface area contributed by atoms with Gasteiger partial charge in [-0.1, -0.05) is 12.1 Å². The molecule has 0 aliphatic heterocycles. The van der Waals surface area contributed by atoms with Crippen molar-refractivity contribution >= 4 is 56.5 Å². The first-order chi connectivity index (χ1) is 15.4. The second-order valence-electron chi connectivity index (χ2n) is 6.70. The van der Waals surface area contributed by atoms with Gasteiger partial charge in [0, 0.05) is 22.9 Å². The van der Waals surface area contributed by atoms with E-state index in [9.17, 15) is 19.7 Å². The largest absolute Gasteiger partial charge is 0.366 e. The van der Waals surface area contributed by atoms with E-state index in [1.165, 1.54) is 12.1 Å². The molecule has 160 valence electrons. The second kappa shape index (κ2) is 9.16. The lowest BCUT2D eigenvalue weighted by Crippen LogP contribution is -2.14. The molecule has 0 bridgehead atoms. The van der Waals surface area contributed by atoms with Gasteiger partial charge in [0.25, 0.3) is 5.69 Å². The van der Waals surface area contributed by atoms with Gasteiger partial charge in [-0.05, 0) is 48.5 Å². The van der Waals surface area contributed by atoms with E-state index in [4.69, 9.17) is 5.73 Å². The smallest absolute Gasteiger partial charge is 0.283 e. The van der Waals surface area contributed by atoms with Crippen molar-refractivity contribution in [1.82, 2.24) is 4.98 Å². The normalized spacial score (nSPS) is 10.8. The van der Waals surface area contributed by atoms with Crippen molar-refractivity contribution < 1.29 is 14.5 Å². The molecule has 0 saturated heterocycles. The number of amides is 2. The number of anilines is 1. The van der Waals surface area contributed by atoms with Crippen LogP contribution in [0.3, 0.4) is 0 Å². The van der Waals surface area contributed by atoms with Crippen LogP contribution in [0.1, 0.15) is 10.4 Å². The fourth-order valence-corrected chi connectivity index (χ4v) is 4.74. The van der Waals surface area contributed by atoms with Crippen molar-refractivity contribution in [2.75, 3.05) is 11.1 Å². The summed E-state index contributed by atoms with van der Waals surface area (Å²) in [6.45, 7) is 0. The molecular weight excluding hydrogens is 448 g/mol. The Morgan fingerprint density at radius 1 is 1.09 bits per heavy atom. The number of primary amides is 1. The van der Waals surface area contributed by atoms with E-state index < -0.39 is 10.8 Å². The van der Waals surface area contributed by atoms with Crippen LogP contribution in [-0.4, -0.2) is 27.5 Å². The number of benzene rings is 3. The van der Waals surface area contributed by atoms with E-state index in [1.807, 2.05) is 36.4 Å². The summed E-state index contributed by atoms with van der Waals surface area (Å²) in [4.78, 5) is 39.1. The third-order valence-corrected chi connectivity index (χ3v) is 6.66. The zero-order valence-corrected chi connectivity index (χ0v) is 18.1. The van der Waals surface area contributed by atoms with Gasteiger partial charge in [-0.2, -0.15) is 0 Å². The molecule has 0 fully saturated rings. The first-order valence-electron chi connectivity index (χ1n) is 9.37. The van der Waals surface area contributed by atoms with Crippen molar-refractivity contribution in [2.45, 2.75) is 4.90 Å². The summed E-state index contributed by atoms with van der Waals surface area (Å²) in [5.74, 6) is -1.09. The van der Waals surface area contributed by atoms with Gasteiger partial charge in [-0.25, -0.2) is 4.98 Å². The third-order valence-electron chi connectivity index (χ3n) is 4.51. The first-order valence-corrected chi connectivity index (χ1v) is 11.2. The Morgan fingerprint density at radius 2 is 1.84 bits per heavy atom. The Morgan fingerprint density at radius 3 is 2.53 bits per heavy atom. The number of fused-ring (bicyclic) bond motifs is 1. The lowest BCUT2D eigenvalue weighted by atomic mass is 10.2. The molecule has 4 rings (SSSR count). The van der Waals surface area contributed by atoms with E-state index >= 15 is 0 Å². The highest BCUT2D eigenvalue weighted by Crippen LogP contribution is 2.32. The van der Waals surface area contributed by atoms with Crippen molar-refractivity contribution in [3.8, 4) is 10.6 Å². The van der Waals surface area contributed by atoms with Gasteiger partial charge >= 0.3 is 0 Å². The molecule has 0 unspecified atom stereocenters. The number of rotatable bonds is 7. The van der Waals surface area contributed by atoms with Crippen molar-refractivity contribution in [2.24, 2.45) is 5.73 Å². The molecule has 3 aromatic carbocycles. The first kappa shape index (κ1) is 21.5.